The smallest absolute Gasteiger partial charge is 0.352 e. The van der Waals surface area contributed by atoms with Crippen LogP contribution in [0.5, 0.6) is 0 Å². The van der Waals surface area contributed by atoms with E-state index in [0.717, 1.165) is 6.07 Å². The number of aliphatic imine (C=N–C) groups is 1. The molecule has 10 nitrogen and oxygen atoms in total. The Morgan fingerprint density at radius 3 is 2.32 bits per heavy atom. The first-order chi connectivity index (χ1) is 16.2. The molecule has 4 heterocycles. The van der Waals surface area contributed by atoms with Crippen LogP contribution in [0.1, 0.15) is 26.4 Å². The Bertz CT molecular complexity index is 1190. The predicted molar refractivity (Wildman–Crippen MR) is 112 cm³/mol. The summed E-state index contributed by atoms with van der Waals surface area (Å²) in [5.74, 6) is -0.429. The molecule has 13 heteroatoms. The van der Waals surface area contributed by atoms with Crippen LogP contribution in [-0.2, 0) is 6.18 Å². The molecular weight excluding hydrogens is 455 g/mol. The van der Waals surface area contributed by atoms with Crippen LogP contribution in [0.4, 0.5) is 23.8 Å². The number of rotatable bonds is 3. The van der Waals surface area contributed by atoms with E-state index in [2.05, 4.69) is 20.5 Å². The van der Waals surface area contributed by atoms with Crippen LogP contribution in [0.3, 0.4) is 0 Å². The average Bonchev–Trinajstić information content (AvgIpc) is 3.58. The quantitative estimate of drug-likeness (QED) is 0.675. The third-order valence-corrected chi connectivity index (χ3v) is 5.87. The first-order valence-corrected chi connectivity index (χ1v) is 10.5. The zero-order chi connectivity index (χ0) is 24.0. The van der Waals surface area contributed by atoms with E-state index in [9.17, 15) is 27.6 Å². The number of hydrogen-bond donors (Lipinski definition) is 1. The van der Waals surface area contributed by atoms with Crippen LogP contribution < -0.4 is 10.2 Å². The molecule has 1 unspecified atom stereocenters. The Hall–Kier alpha value is -4.03. The summed E-state index contributed by atoms with van der Waals surface area (Å²) in [7, 11) is 0. The largest absolute Gasteiger partial charge is 0.417 e. The lowest BCUT2D eigenvalue weighted by Gasteiger charge is -2.35. The van der Waals surface area contributed by atoms with Crippen molar-refractivity contribution in [2.24, 2.45) is 4.99 Å². The van der Waals surface area contributed by atoms with Crippen molar-refractivity contribution in [2.75, 3.05) is 37.6 Å². The predicted octanol–water partition coefficient (Wildman–Crippen LogP) is 1.40. The van der Waals surface area contributed by atoms with E-state index >= 15 is 0 Å². The van der Waals surface area contributed by atoms with Gasteiger partial charge in [0.1, 0.15) is 11.9 Å². The van der Waals surface area contributed by atoms with Gasteiger partial charge in [0, 0.05) is 26.2 Å². The molecule has 3 aliphatic heterocycles. The maximum absolute atomic E-state index is 13.3. The standard InChI is InChI=1S/C21H18F3N7O3/c22-21(23,24)13-4-2-1-3-12(13)19(33)30-9-7-29(8-10-30)16-6-5-14(27-28-16)18(32)25-17-15-11-31(15)20(34)26-17/h1-6,15H,7-11H2,(H,25,26,32,34). The third-order valence-electron chi connectivity index (χ3n) is 5.87. The number of nitrogens with one attached hydrogen (secondary N) is 1. The number of aromatic nitrogens is 2. The fraction of sp³-hybridized carbons (Fsp3) is 0.333. The molecule has 0 saturated carbocycles. The van der Waals surface area contributed by atoms with Crippen molar-refractivity contribution < 1.29 is 27.6 Å². The van der Waals surface area contributed by atoms with Gasteiger partial charge in [0.25, 0.3) is 11.8 Å². The zero-order valence-corrected chi connectivity index (χ0v) is 17.6. The minimum absolute atomic E-state index is 0.0515. The second kappa shape index (κ2) is 8.08. The molecular formula is C21H18F3N7O3. The minimum atomic E-state index is -4.62. The molecule has 0 aliphatic carbocycles. The van der Waals surface area contributed by atoms with Crippen LogP contribution in [0.2, 0.25) is 0 Å². The first-order valence-electron chi connectivity index (χ1n) is 10.5. The molecule has 2 saturated heterocycles. The molecule has 2 aromatic rings. The van der Waals surface area contributed by atoms with Gasteiger partial charge < -0.3 is 20.0 Å². The number of amidine groups is 1. The number of anilines is 1. The highest BCUT2D eigenvalue weighted by Gasteiger charge is 2.48. The zero-order valence-electron chi connectivity index (χ0n) is 17.6. The van der Waals surface area contributed by atoms with E-state index in [-0.39, 0.29) is 36.4 Å². The van der Waals surface area contributed by atoms with Gasteiger partial charge in [-0.15, -0.1) is 10.2 Å². The molecule has 1 aromatic carbocycles. The minimum Gasteiger partial charge on any atom is -0.352 e. The van der Waals surface area contributed by atoms with E-state index in [4.69, 9.17) is 0 Å². The summed E-state index contributed by atoms with van der Waals surface area (Å²) in [6.07, 6.45) is -4.62. The van der Waals surface area contributed by atoms with Gasteiger partial charge >= 0.3 is 12.2 Å². The molecule has 34 heavy (non-hydrogen) atoms. The second-order valence-corrected chi connectivity index (χ2v) is 8.00. The van der Waals surface area contributed by atoms with Crippen LogP contribution >= 0.6 is 0 Å². The molecule has 0 spiro atoms. The summed E-state index contributed by atoms with van der Waals surface area (Å²) in [5, 5.41) is 10.6. The lowest BCUT2D eigenvalue weighted by molar-refractivity contribution is -0.138. The van der Waals surface area contributed by atoms with Gasteiger partial charge in [-0.3, -0.25) is 9.59 Å². The number of hydrogen-bond acceptors (Lipinski definition) is 6. The first kappa shape index (κ1) is 21.8. The number of piperazine rings is 1. The Kier molecular flexibility index (Phi) is 5.18. The Balaban J connectivity index is 1.19. The van der Waals surface area contributed by atoms with Crippen molar-refractivity contribution >= 4 is 29.5 Å². The topological polar surface area (TPSA) is 111 Å². The Labute approximate surface area is 191 Å². The van der Waals surface area contributed by atoms with Crippen LogP contribution in [-0.4, -0.2) is 82.4 Å². The Morgan fingerprint density at radius 1 is 1.00 bits per heavy atom. The fourth-order valence-electron chi connectivity index (χ4n) is 3.96. The van der Waals surface area contributed by atoms with Crippen LogP contribution in [0.15, 0.2) is 41.4 Å². The monoisotopic (exact) mass is 473 g/mol. The summed E-state index contributed by atoms with van der Waals surface area (Å²) >= 11 is 0. The number of benzene rings is 1. The van der Waals surface area contributed by atoms with Crippen molar-refractivity contribution in [3.05, 3.63) is 53.2 Å². The molecule has 2 fully saturated rings. The maximum Gasteiger partial charge on any atom is 0.417 e. The highest BCUT2D eigenvalue weighted by atomic mass is 19.4. The summed E-state index contributed by atoms with van der Waals surface area (Å²) in [4.78, 5) is 45.0. The molecule has 3 aliphatic rings. The van der Waals surface area contributed by atoms with Crippen LogP contribution in [0.25, 0.3) is 0 Å². The van der Waals surface area contributed by atoms with E-state index in [0.29, 0.717) is 31.3 Å². The highest BCUT2D eigenvalue weighted by Crippen LogP contribution is 2.32. The van der Waals surface area contributed by atoms with Gasteiger partial charge in [-0.1, -0.05) is 12.1 Å². The molecule has 176 valence electrons. The third kappa shape index (κ3) is 4.04. The van der Waals surface area contributed by atoms with Crippen LogP contribution in [0, 0.1) is 0 Å². The number of carbonyl (C=O) groups is 3. The van der Waals surface area contributed by atoms with Crippen molar-refractivity contribution in [3.63, 3.8) is 0 Å². The average molecular weight is 473 g/mol. The van der Waals surface area contributed by atoms with E-state index in [1.807, 2.05) is 4.90 Å². The highest BCUT2D eigenvalue weighted by molar-refractivity contribution is 6.15. The molecule has 4 amide bonds. The molecule has 0 radical (unpaired) electrons. The van der Waals surface area contributed by atoms with Crippen molar-refractivity contribution in [3.8, 4) is 0 Å². The van der Waals surface area contributed by atoms with E-state index in [1.54, 1.807) is 6.07 Å². The summed E-state index contributed by atoms with van der Waals surface area (Å²) < 4.78 is 39.8. The van der Waals surface area contributed by atoms with Crippen molar-refractivity contribution in [1.82, 2.24) is 25.3 Å². The SMILES string of the molecule is O=C(NC1=NC(=O)N2CC12)c1ccc(N2CCN(C(=O)c3ccccc3C(F)(F)F)CC2)nn1. The summed E-state index contributed by atoms with van der Waals surface area (Å²) in [5.41, 5.74) is -1.28. The lowest BCUT2D eigenvalue weighted by Crippen LogP contribution is -2.49. The maximum atomic E-state index is 13.3. The van der Waals surface area contributed by atoms with Gasteiger partial charge in [0.2, 0.25) is 0 Å². The molecule has 1 aromatic heterocycles. The van der Waals surface area contributed by atoms with Gasteiger partial charge in [-0.2, -0.15) is 18.2 Å². The number of alkyl halides is 3. The molecule has 1 N–H and O–H groups in total. The van der Waals surface area contributed by atoms with E-state index in [1.165, 1.54) is 34.1 Å². The Morgan fingerprint density at radius 2 is 1.74 bits per heavy atom. The molecule has 5 rings (SSSR count). The summed E-state index contributed by atoms with van der Waals surface area (Å²) in [6.45, 7) is 1.65. The summed E-state index contributed by atoms with van der Waals surface area (Å²) in [6, 6.07) is 7.27. The number of fused-ring (bicyclic) bond motifs is 1. The normalized spacial score (nSPS) is 19.6. The lowest BCUT2D eigenvalue weighted by atomic mass is 10.1. The van der Waals surface area contributed by atoms with E-state index < -0.39 is 23.6 Å². The van der Waals surface area contributed by atoms with Crippen molar-refractivity contribution in [1.29, 1.82) is 0 Å². The van der Waals surface area contributed by atoms with Gasteiger partial charge in [0.05, 0.1) is 17.7 Å². The second-order valence-electron chi connectivity index (χ2n) is 8.00. The number of carbonyl (C=O) groups excluding carboxylic acids is 3. The number of halogens is 3. The molecule has 0 bridgehead atoms. The number of urea groups is 1. The number of amides is 4. The fourth-order valence-corrected chi connectivity index (χ4v) is 3.96. The van der Waals surface area contributed by atoms with Crippen molar-refractivity contribution in [2.45, 2.75) is 12.2 Å². The number of nitrogens with zero attached hydrogens (tertiary/aromatic N) is 6. The van der Waals surface area contributed by atoms with Gasteiger partial charge in [-0.05, 0) is 24.3 Å². The molecule has 1 atom stereocenters. The van der Waals surface area contributed by atoms with Gasteiger partial charge in [-0.25, -0.2) is 4.79 Å². The van der Waals surface area contributed by atoms with Gasteiger partial charge in [0.15, 0.2) is 11.5 Å².